The molecular formula is C17H27Cl2N3O2. The van der Waals surface area contributed by atoms with Crippen LogP contribution in [0.2, 0.25) is 5.02 Å². The standard InChI is InChI=1S/C17H26ClN3O2.ClH/c1-3-10-21(14-6-8-19-9-7-14)12-17(22)20-13-4-5-16(23-2)15(18)11-13;/h4-5,11,14,19H,3,6-10,12H2,1-2H3,(H,20,22);1H. The number of carbonyl (C=O) groups is 1. The molecule has 1 saturated heterocycles. The Kier molecular flexibility index (Phi) is 9.44. The lowest BCUT2D eigenvalue weighted by atomic mass is 10.0. The Bertz CT molecular complexity index is 523. The average molecular weight is 376 g/mol. The molecule has 1 aromatic rings. The Morgan fingerprint density at radius 1 is 1.42 bits per heavy atom. The Morgan fingerprint density at radius 3 is 2.71 bits per heavy atom. The van der Waals surface area contributed by atoms with E-state index in [-0.39, 0.29) is 18.3 Å². The Labute approximate surface area is 155 Å². The first kappa shape index (κ1) is 21.0. The molecule has 0 saturated carbocycles. The number of piperidine rings is 1. The lowest BCUT2D eigenvalue weighted by molar-refractivity contribution is -0.118. The Morgan fingerprint density at radius 2 is 2.12 bits per heavy atom. The van der Waals surface area contributed by atoms with Gasteiger partial charge in [0.05, 0.1) is 18.7 Å². The highest BCUT2D eigenvalue weighted by molar-refractivity contribution is 6.32. The highest BCUT2D eigenvalue weighted by Crippen LogP contribution is 2.27. The monoisotopic (exact) mass is 375 g/mol. The van der Waals surface area contributed by atoms with Crippen LogP contribution in [-0.4, -0.2) is 50.1 Å². The summed E-state index contributed by atoms with van der Waals surface area (Å²) in [5.41, 5.74) is 0.697. The molecule has 0 unspecified atom stereocenters. The van der Waals surface area contributed by atoms with Crippen LogP contribution in [0.25, 0.3) is 0 Å². The normalized spacial score (nSPS) is 15.0. The van der Waals surface area contributed by atoms with Gasteiger partial charge < -0.3 is 15.4 Å². The summed E-state index contributed by atoms with van der Waals surface area (Å²) in [4.78, 5) is 14.7. The van der Waals surface area contributed by atoms with Gasteiger partial charge in [-0.1, -0.05) is 18.5 Å². The van der Waals surface area contributed by atoms with Crippen molar-refractivity contribution in [3.63, 3.8) is 0 Å². The number of halogens is 2. The fourth-order valence-electron chi connectivity index (χ4n) is 2.98. The van der Waals surface area contributed by atoms with Crippen LogP contribution in [0.15, 0.2) is 18.2 Å². The smallest absolute Gasteiger partial charge is 0.238 e. The van der Waals surface area contributed by atoms with Crippen LogP contribution < -0.4 is 15.4 Å². The van der Waals surface area contributed by atoms with Crippen molar-refractivity contribution in [2.24, 2.45) is 0 Å². The second-order valence-corrected chi connectivity index (χ2v) is 6.26. The van der Waals surface area contributed by atoms with Gasteiger partial charge in [0.25, 0.3) is 0 Å². The maximum absolute atomic E-state index is 12.4. The highest BCUT2D eigenvalue weighted by atomic mass is 35.5. The van der Waals surface area contributed by atoms with Crippen LogP contribution >= 0.6 is 24.0 Å². The molecule has 0 radical (unpaired) electrons. The summed E-state index contributed by atoms with van der Waals surface area (Å²) in [6.07, 6.45) is 3.24. The number of ether oxygens (including phenoxy) is 1. The summed E-state index contributed by atoms with van der Waals surface area (Å²) in [5, 5.41) is 6.79. The molecule has 7 heteroatoms. The predicted molar refractivity (Wildman–Crippen MR) is 102 cm³/mol. The van der Waals surface area contributed by atoms with E-state index in [1.807, 2.05) is 0 Å². The summed E-state index contributed by atoms with van der Waals surface area (Å²) in [6.45, 7) is 5.57. The van der Waals surface area contributed by atoms with E-state index in [1.165, 1.54) is 0 Å². The van der Waals surface area contributed by atoms with Crippen LogP contribution in [0.5, 0.6) is 5.75 Å². The van der Waals surface area contributed by atoms with Gasteiger partial charge >= 0.3 is 0 Å². The lowest BCUT2D eigenvalue weighted by Crippen LogP contribution is -2.46. The molecule has 0 aromatic heterocycles. The van der Waals surface area contributed by atoms with E-state index in [9.17, 15) is 4.79 Å². The van der Waals surface area contributed by atoms with Gasteiger partial charge in [0.1, 0.15) is 5.75 Å². The summed E-state index contributed by atoms with van der Waals surface area (Å²) < 4.78 is 5.12. The summed E-state index contributed by atoms with van der Waals surface area (Å²) >= 11 is 6.10. The van der Waals surface area contributed by atoms with Crippen LogP contribution in [-0.2, 0) is 4.79 Å². The van der Waals surface area contributed by atoms with Gasteiger partial charge in [-0.25, -0.2) is 0 Å². The van der Waals surface area contributed by atoms with Crippen LogP contribution in [0.1, 0.15) is 26.2 Å². The molecule has 1 fully saturated rings. The number of anilines is 1. The number of nitrogens with one attached hydrogen (secondary N) is 2. The molecule has 2 N–H and O–H groups in total. The van der Waals surface area contributed by atoms with Gasteiger partial charge in [-0.05, 0) is 57.1 Å². The van der Waals surface area contributed by atoms with Crippen molar-refractivity contribution in [2.45, 2.75) is 32.2 Å². The molecule has 1 heterocycles. The number of benzene rings is 1. The molecule has 0 atom stereocenters. The summed E-state index contributed by atoms with van der Waals surface area (Å²) in [6, 6.07) is 5.76. The second-order valence-electron chi connectivity index (χ2n) is 5.85. The summed E-state index contributed by atoms with van der Waals surface area (Å²) in [5.74, 6) is 0.602. The maximum atomic E-state index is 12.4. The van der Waals surface area contributed by atoms with E-state index < -0.39 is 0 Å². The number of hydrogen-bond donors (Lipinski definition) is 2. The molecule has 0 spiro atoms. The number of carbonyl (C=O) groups excluding carboxylic acids is 1. The topological polar surface area (TPSA) is 53.6 Å². The number of amides is 1. The highest BCUT2D eigenvalue weighted by Gasteiger charge is 2.22. The maximum Gasteiger partial charge on any atom is 0.238 e. The van der Waals surface area contributed by atoms with Gasteiger partial charge in [0.15, 0.2) is 0 Å². The molecule has 0 bridgehead atoms. The van der Waals surface area contributed by atoms with E-state index in [1.54, 1.807) is 25.3 Å². The van der Waals surface area contributed by atoms with Crippen LogP contribution in [0.3, 0.4) is 0 Å². The minimum Gasteiger partial charge on any atom is -0.495 e. The van der Waals surface area contributed by atoms with E-state index >= 15 is 0 Å². The van der Waals surface area contributed by atoms with Gasteiger partial charge in [-0.2, -0.15) is 0 Å². The first-order valence-corrected chi connectivity index (χ1v) is 8.60. The first-order valence-electron chi connectivity index (χ1n) is 8.22. The molecule has 2 rings (SSSR count). The molecular weight excluding hydrogens is 349 g/mol. The molecule has 0 aliphatic carbocycles. The quantitative estimate of drug-likeness (QED) is 0.768. The van der Waals surface area contributed by atoms with E-state index in [4.69, 9.17) is 16.3 Å². The second kappa shape index (κ2) is 10.8. The van der Waals surface area contributed by atoms with Gasteiger partial charge in [-0.15, -0.1) is 12.4 Å². The number of methoxy groups -OCH3 is 1. The van der Waals surface area contributed by atoms with Gasteiger partial charge in [-0.3, -0.25) is 9.69 Å². The lowest BCUT2D eigenvalue weighted by Gasteiger charge is -2.34. The molecule has 1 aliphatic rings. The van der Waals surface area contributed by atoms with E-state index in [0.717, 1.165) is 38.9 Å². The third-order valence-corrected chi connectivity index (χ3v) is 4.41. The SMILES string of the molecule is CCCN(CC(=O)Nc1ccc(OC)c(Cl)c1)C1CCNCC1.Cl. The zero-order valence-electron chi connectivity index (χ0n) is 14.3. The fraction of sp³-hybridized carbons (Fsp3) is 0.588. The largest absolute Gasteiger partial charge is 0.495 e. The Balaban J connectivity index is 0.00000288. The average Bonchev–Trinajstić information content (AvgIpc) is 2.55. The van der Waals surface area contributed by atoms with Crippen molar-refractivity contribution < 1.29 is 9.53 Å². The molecule has 1 amide bonds. The van der Waals surface area contributed by atoms with Crippen molar-refractivity contribution in [1.29, 1.82) is 0 Å². The number of rotatable bonds is 7. The zero-order valence-corrected chi connectivity index (χ0v) is 15.9. The van der Waals surface area contributed by atoms with Crippen molar-refractivity contribution >= 4 is 35.6 Å². The number of hydrogen-bond acceptors (Lipinski definition) is 4. The minimum absolute atomic E-state index is 0. The third kappa shape index (κ3) is 6.13. The van der Waals surface area contributed by atoms with Crippen molar-refractivity contribution in [3.05, 3.63) is 23.2 Å². The molecule has 1 aromatic carbocycles. The number of nitrogens with zero attached hydrogens (tertiary/aromatic N) is 1. The molecule has 136 valence electrons. The van der Waals surface area contributed by atoms with E-state index in [2.05, 4.69) is 22.5 Å². The summed E-state index contributed by atoms with van der Waals surface area (Å²) in [7, 11) is 1.57. The molecule has 1 aliphatic heterocycles. The zero-order chi connectivity index (χ0) is 16.7. The van der Waals surface area contributed by atoms with Crippen molar-refractivity contribution in [2.75, 3.05) is 38.6 Å². The Hall–Kier alpha value is -1.01. The van der Waals surface area contributed by atoms with Gasteiger partial charge in [0, 0.05) is 11.7 Å². The van der Waals surface area contributed by atoms with E-state index in [0.29, 0.717) is 29.0 Å². The molecule has 24 heavy (non-hydrogen) atoms. The molecule has 5 nitrogen and oxygen atoms in total. The van der Waals surface area contributed by atoms with Crippen molar-refractivity contribution in [1.82, 2.24) is 10.2 Å². The van der Waals surface area contributed by atoms with Crippen molar-refractivity contribution in [3.8, 4) is 5.75 Å². The fourth-order valence-corrected chi connectivity index (χ4v) is 3.24. The van der Waals surface area contributed by atoms with Crippen LogP contribution in [0.4, 0.5) is 5.69 Å². The van der Waals surface area contributed by atoms with Crippen LogP contribution in [0, 0.1) is 0 Å². The van der Waals surface area contributed by atoms with Gasteiger partial charge in [0.2, 0.25) is 5.91 Å². The third-order valence-electron chi connectivity index (χ3n) is 4.12. The minimum atomic E-state index is -0.00165. The predicted octanol–water partition coefficient (Wildman–Crippen LogP) is 3.17. The first-order chi connectivity index (χ1) is 11.1.